The van der Waals surface area contributed by atoms with Crippen LogP contribution in [0.3, 0.4) is 0 Å². The first kappa shape index (κ1) is 14.2. The van der Waals surface area contributed by atoms with Crippen molar-refractivity contribution < 1.29 is 9.90 Å². The third kappa shape index (κ3) is 3.12. The number of carbonyl (C=O) groups is 1. The van der Waals surface area contributed by atoms with E-state index in [1.54, 1.807) is 29.1 Å². The molecule has 6 nitrogen and oxygen atoms in total. The lowest BCUT2D eigenvalue weighted by Gasteiger charge is -2.06. The number of hydrogen-bond acceptors (Lipinski definition) is 4. The van der Waals surface area contributed by atoms with Crippen LogP contribution in [0.5, 0.6) is 0 Å². The molecule has 0 bridgehead atoms. The van der Waals surface area contributed by atoms with Crippen LogP contribution in [0, 0.1) is 0 Å². The topological polar surface area (TPSA) is 79.5 Å². The summed E-state index contributed by atoms with van der Waals surface area (Å²) in [4.78, 5) is 12.1. The van der Waals surface area contributed by atoms with E-state index >= 15 is 0 Å². The summed E-state index contributed by atoms with van der Waals surface area (Å²) in [7, 11) is 0. The van der Waals surface area contributed by atoms with Crippen LogP contribution in [-0.2, 0) is 13.0 Å². The third-order valence-corrected chi connectivity index (χ3v) is 3.46. The van der Waals surface area contributed by atoms with Gasteiger partial charge in [-0.2, -0.15) is 0 Å². The second-order valence-electron chi connectivity index (χ2n) is 4.99. The summed E-state index contributed by atoms with van der Waals surface area (Å²) >= 11 is 0. The van der Waals surface area contributed by atoms with Gasteiger partial charge in [0.1, 0.15) is 6.33 Å². The maximum Gasteiger partial charge on any atom is 0.252 e. The van der Waals surface area contributed by atoms with Gasteiger partial charge in [0.25, 0.3) is 5.91 Å². The Morgan fingerprint density at radius 2 is 1.91 bits per heavy atom. The number of nitrogens with zero attached hydrogens (tertiary/aromatic N) is 3. The Labute approximate surface area is 127 Å². The molecule has 1 amide bonds. The number of aliphatic hydroxyl groups excluding tert-OH is 1. The summed E-state index contributed by atoms with van der Waals surface area (Å²) in [6.45, 7) is 0.597. The van der Waals surface area contributed by atoms with Crippen molar-refractivity contribution in [2.24, 2.45) is 0 Å². The van der Waals surface area contributed by atoms with Crippen LogP contribution in [0.15, 0.2) is 48.9 Å². The van der Waals surface area contributed by atoms with Gasteiger partial charge in [-0.3, -0.25) is 9.20 Å². The number of nitrogens with one attached hydrogen (secondary N) is 1. The maximum absolute atomic E-state index is 12.1. The van der Waals surface area contributed by atoms with Crippen molar-refractivity contribution in [3.63, 3.8) is 0 Å². The average molecular weight is 296 g/mol. The average Bonchev–Trinajstić information content (AvgIpc) is 3.03. The van der Waals surface area contributed by atoms with Crippen LogP contribution in [0.2, 0.25) is 0 Å². The van der Waals surface area contributed by atoms with Crippen molar-refractivity contribution >= 4 is 11.6 Å². The van der Waals surface area contributed by atoms with E-state index in [4.69, 9.17) is 5.11 Å². The van der Waals surface area contributed by atoms with Crippen LogP contribution >= 0.6 is 0 Å². The van der Waals surface area contributed by atoms with E-state index < -0.39 is 0 Å². The molecule has 3 rings (SSSR count). The first-order valence-electron chi connectivity index (χ1n) is 7.02. The minimum atomic E-state index is -0.123. The van der Waals surface area contributed by atoms with Gasteiger partial charge in [-0.1, -0.05) is 24.3 Å². The van der Waals surface area contributed by atoms with Gasteiger partial charge in [-0.05, 0) is 29.7 Å². The molecule has 2 N–H and O–H groups in total. The number of carbonyl (C=O) groups excluding carboxylic acids is 1. The Kier molecular flexibility index (Phi) is 4.11. The minimum absolute atomic E-state index is 0.0442. The number of benzene rings is 1. The smallest absolute Gasteiger partial charge is 0.252 e. The number of amides is 1. The summed E-state index contributed by atoms with van der Waals surface area (Å²) in [5.41, 5.74) is 3.28. The molecule has 0 saturated carbocycles. The van der Waals surface area contributed by atoms with Gasteiger partial charge < -0.3 is 10.4 Å². The number of hydrogen-bond donors (Lipinski definition) is 2. The highest BCUT2D eigenvalue weighted by Crippen LogP contribution is 2.06. The molecule has 112 valence electrons. The lowest BCUT2D eigenvalue weighted by molar-refractivity contribution is 0.0953. The van der Waals surface area contributed by atoms with Crippen molar-refractivity contribution in [1.82, 2.24) is 19.9 Å². The molecular weight excluding hydrogens is 280 g/mol. The van der Waals surface area contributed by atoms with Crippen molar-refractivity contribution in [1.29, 1.82) is 0 Å². The summed E-state index contributed by atoms with van der Waals surface area (Å²) in [6, 6.07) is 11.2. The van der Waals surface area contributed by atoms with Gasteiger partial charge in [0.15, 0.2) is 5.65 Å². The van der Waals surface area contributed by atoms with Crippen molar-refractivity contribution in [3.8, 4) is 0 Å². The maximum atomic E-state index is 12.1. The zero-order chi connectivity index (χ0) is 15.4. The monoisotopic (exact) mass is 296 g/mol. The van der Waals surface area contributed by atoms with E-state index in [0.717, 1.165) is 17.5 Å². The lowest BCUT2D eigenvalue weighted by Crippen LogP contribution is -2.25. The molecule has 3 aromatic rings. The molecule has 0 aliphatic heterocycles. The molecule has 6 heteroatoms. The fourth-order valence-corrected chi connectivity index (χ4v) is 2.20. The molecule has 0 unspecified atom stereocenters. The summed E-state index contributed by atoms with van der Waals surface area (Å²) in [5, 5.41) is 19.6. The lowest BCUT2D eigenvalue weighted by atomic mass is 10.1. The van der Waals surface area contributed by atoms with Gasteiger partial charge in [-0.15, -0.1) is 10.2 Å². The largest absolute Gasteiger partial charge is 0.392 e. The van der Waals surface area contributed by atoms with Gasteiger partial charge in [0.2, 0.25) is 0 Å². The van der Waals surface area contributed by atoms with E-state index in [1.165, 1.54) is 0 Å². The second kappa shape index (κ2) is 6.36. The Bertz CT molecular complexity index is 780. The normalized spacial score (nSPS) is 10.8. The molecule has 0 spiro atoms. The van der Waals surface area contributed by atoms with E-state index in [1.807, 2.05) is 24.3 Å². The highest BCUT2D eigenvalue weighted by molar-refractivity contribution is 5.94. The number of aliphatic hydroxyl groups is 1. The van der Waals surface area contributed by atoms with Crippen LogP contribution < -0.4 is 5.32 Å². The number of rotatable bonds is 5. The standard InChI is InChI=1S/C16H16N4O2/c21-10-13-3-1-12(2-4-13)7-8-17-16(22)14-5-6-15-19-18-11-20(15)9-14/h1-6,9,11,21H,7-8,10H2,(H,17,22). The Hall–Kier alpha value is -2.73. The summed E-state index contributed by atoms with van der Waals surface area (Å²) in [6.07, 6.45) is 4.02. The molecule has 0 atom stereocenters. The predicted molar refractivity (Wildman–Crippen MR) is 81.4 cm³/mol. The first-order valence-corrected chi connectivity index (χ1v) is 7.02. The SMILES string of the molecule is O=C(NCCc1ccc(CO)cc1)c1ccc2nncn2c1. The highest BCUT2D eigenvalue weighted by atomic mass is 16.3. The van der Waals surface area contributed by atoms with Crippen LogP contribution in [0.4, 0.5) is 0 Å². The molecule has 0 aliphatic carbocycles. The van der Waals surface area contributed by atoms with E-state index in [9.17, 15) is 4.79 Å². The third-order valence-electron chi connectivity index (χ3n) is 3.46. The Morgan fingerprint density at radius 3 is 2.68 bits per heavy atom. The molecule has 0 saturated heterocycles. The Morgan fingerprint density at radius 1 is 1.14 bits per heavy atom. The molecule has 0 radical (unpaired) electrons. The van der Waals surface area contributed by atoms with Crippen molar-refractivity contribution in [3.05, 3.63) is 65.6 Å². The zero-order valence-electron chi connectivity index (χ0n) is 11.9. The zero-order valence-corrected chi connectivity index (χ0v) is 11.9. The van der Waals surface area contributed by atoms with Gasteiger partial charge >= 0.3 is 0 Å². The van der Waals surface area contributed by atoms with Gasteiger partial charge in [0, 0.05) is 12.7 Å². The molecule has 0 aliphatic rings. The van der Waals surface area contributed by atoms with Crippen LogP contribution in [-0.4, -0.2) is 32.2 Å². The van der Waals surface area contributed by atoms with E-state index in [0.29, 0.717) is 17.8 Å². The second-order valence-corrected chi connectivity index (χ2v) is 4.99. The fourth-order valence-electron chi connectivity index (χ4n) is 2.20. The van der Waals surface area contributed by atoms with Gasteiger partial charge in [0.05, 0.1) is 12.2 Å². The molecule has 1 aromatic carbocycles. The van der Waals surface area contributed by atoms with Crippen LogP contribution in [0.1, 0.15) is 21.5 Å². The van der Waals surface area contributed by atoms with Crippen LogP contribution in [0.25, 0.3) is 5.65 Å². The number of pyridine rings is 1. The van der Waals surface area contributed by atoms with E-state index in [-0.39, 0.29) is 12.5 Å². The molecule has 22 heavy (non-hydrogen) atoms. The fraction of sp³-hybridized carbons (Fsp3) is 0.188. The minimum Gasteiger partial charge on any atom is -0.392 e. The first-order chi connectivity index (χ1) is 10.8. The van der Waals surface area contributed by atoms with Crippen molar-refractivity contribution in [2.45, 2.75) is 13.0 Å². The summed E-state index contributed by atoms with van der Waals surface area (Å²) in [5.74, 6) is -0.123. The molecule has 2 aromatic heterocycles. The molecular formula is C16H16N4O2. The number of fused-ring (bicyclic) bond motifs is 1. The molecule has 2 heterocycles. The van der Waals surface area contributed by atoms with Crippen molar-refractivity contribution in [2.75, 3.05) is 6.54 Å². The molecule has 0 fully saturated rings. The highest BCUT2D eigenvalue weighted by Gasteiger charge is 2.06. The van der Waals surface area contributed by atoms with E-state index in [2.05, 4.69) is 15.5 Å². The van der Waals surface area contributed by atoms with Gasteiger partial charge in [-0.25, -0.2) is 0 Å². The number of aromatic nitrogens is 3. The predicted octanol–water partition coefficient (Wildman–Crippen LogP) is 1.19. The quantitative estimate of drug-likeness (QED) is 0.741. The summed E-state index contributed by atoms with van der Waals surface area (Å²) < 4.78 is 1.71. The Balaban J connectivity index is 1.57.